The molecule has 160 valence electrons. The molecule has 0 aliphatic carbocycles. The van der Waals surface area contributed by atoms with Crippen molar-refractivity contribution < 1.29 is 28.8 Å². The summed E-state index contributed by atoms with van der Waals surface area (Å²) in [7, 11) is 4.65. The van der Waals surface area contributed by atoms with Gasteiger partial charge in [0, 0.05) is 11.1 Å². The van der Waals surface area contributed by atoms with E-state index in [2.05, 4.69) is 0 Å². The Bertz CT molecular complexity index is 1070. The van der Waals surface area contributed by atoms with Crippen LogP contribution >= 0.6 is 0 Å². The second-order valence-corrected chi connectivity index (χ2v) is 6.62. The van der Waals surface area contributed by atoms with Crippen LogP contribution in [0.15, 0.2) is 66.7 Å². The summed E-state index contributed by atoms with van der Waals surface area (Å²) in [5, 5.41) is 9.68. The van der Waals surface area contributed by atoms with E-state index in [0.717, 1.165) is 16.9 Å². The molecule has 1 N–H and O–H groups in total. The number of rotatable bonds is 9. The number of phenolic OH excluding ortho intramolecular Hbond substituents is 1. The molecule has 0 radical (unpaired) electrons. The minimum absolute atomic E-state index is 0.0142. The smallest absolute Gasteiger partial charge is 0.185 e. The number of ether oxygens (including phenoxy) is 4. The average molecular weight is 420 g/mol. The molecule has 0 bridgehead atoms. The molecule has 0 aliphatic heterocycles. The highest BCUT2D eigenvalue weighted by Crippen LogP contribution is 2.27. The van der Waals surface area contributed by atoms with Gasteiger partial charge in [-0.15, -0.1) is 0 Å². The van der Waals surface area contributed by atoms with E-state index in [0.29, 0.717) is 23.7 Å². The van der Waals surface area contributed by atoms with Gasteiger partial charge in [0.1, 0.15) is 23.9 Å². The minimum atomic E-state index is -0.204. The predicted molar refractivity (Wildman–Crippen MR) is 118 cm³/mol. The lowest BCUT2D eigenvalue weighted by Gasteiger charge is -2.11. The largest absolute Gasteiger partial charge is 0.504 e. The van der Waals surface area contributed by atoms with Gasteiger partial charge >= 0.3 is 0 Å². The van der Waals surface area contributed by atoms with Crippen molar-refractivity contribution in [2.45, 2.75) is 6.61 Å². The van der Waals surface area contributed by atoms with Crippen LogP contribution in [0.25, 0.3) is 6.08 Å². The average Bonchev–Trinajstić information content (AvgIpc) is 2.81. The molecule has 31 heavy (non-hydrogen) atoms. The van der Waals surface area contributed by atoms with Crippen molar-refractivity contribution in [2.24, 2.45) is 0 Å². The van der Waals surface area contributed by atoms with Crippen LogP contribution < -0.4 is 18.9 Å². The van der Waals surface area contributed by atoms with Crippen LogP contribution in [-0.2, 0) is 6.61 Å². The molecule has 0 unspecified atom stereocenters. The van der Waals surface area contributed by atoms with Crippen LogP contribution in [0.2, 0.25) is 0 Å². The van der Waals surface area contributed by atoms with Gasteiger partial charge in [-0.2, -0.15) is 0 Å². The standard InChI is InChI=1S/C25H24O6/c1-28-20-7-9-21(10-8-20)31-16-19-14-17(5-13-24(19)29-2)4-11-22(26)18-6-12-23(27)25(15-18)30-3/h4-15,27H,16H2,1-3H3/b11-4+. The first kappa shape index (κ1) is 21.8. The predicted octanol–water partition coefficient (Wildman–Crippen LogP) is 4.89. The van der Waals surface area contributed by atoms with Gasteiger partial charge in [0.2, 0.25) is 0 Å². The number of phenols is 1. The van der Waals surface area contributed by atoms with Crippen LogP contribution in [0, 0.1) is 0 Å². The Hall–Kier alpha value is -3.93. The Kier molecular flexibility index (Phi) is 7.17. The summed E-state index contributed by atoms with van der Waals surface area (Å²) in [6.07, 6.45) is 3.19. The van der Waals surface area contributed by atoms with E-state index in [1.807, 2.05) is 42.5 Å². The Morgan fingerprint density at radius 3 is 2.23 bits per heavy atom. The number of hydrogen-bond acceptors (Lipinski definition) is 6. The lowest BCUT2D eigenvalue weighted by atomic mass is 10.1. The van der Waals surface area contributed by atoms with Crippen molar-refractivity contribution in [1.29, 1.82) is 0 Å². The van der Waals surface area contributed by atoms with Crippen LogP contribution in [0.1, 0.15) is 21.5 Å². The summed E-state index contributed by atoms with van der Waals surface area (Å²) >= 11 is 0. The van der Waals surface area contributed by atoms with Gasteiger partial charge in [0.05, 0.1) is 21.3 Å². The summed E-state index contributed by atoms with van der Waals surface area (Å²) in [6.45, 7) is 0.306. The maximum Gasteiger partial charge on any atom is 0.185 e. The fourth-order valence-corrected chi connectivity index (χ4v) is 2.95. The highest BCUT2D eigenvalue weighted by molar-refractivity contribution is 6.07. The maximum atomic E-state index is 12.5. The summed E-state index contributed by atoms with van der Waals surface area (Å²) < 4.78 is 21.5. The quantitative estimate of drug-likeness (QED) is 0.392. The van der Waals surface area contributed by atoms with Crippen molar-refractivity contribution in [3.05, 3.63) is 83.4 Å². The topological polar surface area (TPSA) is 74.2 Å². The summed E-state index contributed by atoms with van der Waals surface area (Å²) in [5.41, 5.74) is 2.09. The lowest BCUT2D eigenvalue weighted by molar-refractivity contribution is 0.104. The molecular formula is C25H24O6. The van der Waals surface area contributed by atoms with Crippen LogP contribution in [0.3, 0.4) is 0 Å². The van der Waals surface area contributed by atoms with E-state index in [4.69, 9.17) is 18.9 Å². The Morgan fingerprint density at radius 2 is 1.55 bits per heavy atom. The number of benzene rings is 3. The Labute approximate surface area is 181 Å². The fraction of sp³-hybridized carbons (Fsp3) is 0.160. The molecule has 3 rings (SSSR count). The van der Waals surface area contributed by atoms with E-state index in [-0.39, 0.29) is 17.3 Å². The highest BCUT2D eigenvalue weighted by atomic mass is 16.5. The molecule has 0 saturated heterocycles. The number of ketones is 1. The summed E-state index contributed by atoms with van der Waals surface area (Å²) in [6, 6.07) is 17.4. The van der Waals surface area contributed by atoms with E-state index in [9.17, 15) is 9.90 Å². The summed E-state index contributed by atoms with van der Waals surface area (Å²) in [4.78, 5) is 12.5. The molecule has 0 atom stereocenters. The minimum Gasteiger partial charge on any atom is -0.504 e. The monoisotopic (exact) mass is 420 g/mol. The van der Waals surface area contributed by atoms with Crippen LogP contribution in [0.5, 0.6) is 28.7 Å². The molecule has 0 amide bonds. The number of methoxy groups -OCH3 is 3. The van der Waals surface area contributed by atoms with E-state index in [1.165, 1.54) is 25.3 Å². The van der Waals surface area contributed by atoms with Crippen LogP contribution in [0.4, 0.5) is 0 Å². The number of aromatic hydroxyl groups is 1. The molecule has 3 aromatic rings. The molecule has 0 aromatic heterocycles. The molecule has 0 spiro atoms. The van der Waals surface area contributed by atoms with Gasteiger partial charge < -0.3 is 24.1 Å². The van der Waals surface area contributed by atoms with Gasteiger partial charge in [0.15, 0.2) is 17.3 Å². The number of carbonyl (C=O) groups is 1. The van der Waals surface area contributed by atoms with Crippen molar-refractivity contribution in [1.82, 2.24) is 0 Å². The number of allylic oxidation sites excluding steroid dienone is 1. The van der Waals surface area contributed by atoms with Crippen molar-refractivity contribution in [3.8, 4) is 28.7 Å². The van der Waals surface area contributed by atoms with Crippen molar-refractivity contribution in [2.75, 3.05) is 21.3 Å². The van der Waals surface area contributed by atoms with Gasteiger partial charge in [-0.05, 0) is 66.2 Å². The molecule has 0 saturated carbocycles. The zero-order valence-electron chi connectivity index (χ0n) is 17.6. The molecular weight excluding hydrogens is 396 g/mol. The fourth-order valence-electron chi connectivity index (χ4n) is 2.95. The third-order valence-corrected chi connectivity index (χ3v) is 4.65. The maximum absolute atomic E-state index is 12.5. The van der Waals surface area contributed by atoms with Gasteiger partial charge in [0.25, 0.3) is 0 Å². The molecule has 3 aromatic carbocycles. The molecule has 6 nitrogen and oxygen atoms in total. The first-order valence-electron chi connectivity index (χ1n) is 9.57. The van der Waals surface area contributed by atoms with E-state index >= 15 is 0 Å². The lowest BCUT2D eigenvalue weighted by Crippen LogP contribution is -1.99. The second-order valence-electron chi connectivity index (χ2n) is 6.62. The van der Waals surface area contributed by atoms with Gasteiger partial charge in [-0.3, -0.25) is 4.79 Å². The zero-order chi connectivity index (χ0) is 22.2. The van der Waals surface area contributed by atoms with Crippen molar-refractivity contribution in [3.63, 3.8) is 0 Å². The SMILES string of the molecule is COc1ccc(OCc2cc(/C=C/C(=O)c3ccc(O)c(OC)c3)ccc2OC)cc1. The van der Waals surface area contributed by atoms with E-state index in [1.54, 1.807) is 26.4 Å². The molecule has 0 aliphatic rings. The zero-order valence-corrected chi connectivity index (χ0v) is 17.6. The number of carbonyl (C=O) groups excluding carboxylic acids is 1. The number of hydrogen-bond donors (Lipinski definition) is 1. The van der Waals surface area contributed by atoms with Crippen molar-refractivity contribution >= 4 is 11.9 Å². The Morgan fingerprint density at radius 1 is 0.839 bits per heavy atom. The third-order valence-electron chi connectivity index (χ3n) is 4.65. The van der Waals surface area contributed by atoms with Crippen LogP contribution in [-0.4, -0.2) is 32.2 Å². The Balaban J connectivity index is 1.73. The molecule has 0 fully saturated rings. The molecule has 6 heteroatoms. The van der Waals surface area contributed by atoms with E-state index < -0.39 is 0 Å². The van der Waals surface area contributed by atoms with Gasteiger partial charge in [-0.1, -0.05) is 12.1 Å². The second kappa shape index (κ2) is 10.2. The highest BCUT2D eigenvalue weighted by Gasteiger charge is 2.09. The molecule has 0 heterocycles. The normalized spacial score (nSPS) is 10.7. The first-order chi connectivity index (χ1) is 15.0. The van der Waals surface area contributed by atoms with Gasteiger partial charge in [-0.25, -0.2) is 0 Å². The third kappa shape index (κ3) is 5.57. The first-order valence-corrected chi connectivity index (χ1v) is 9.57. The summed E-state index contributed by atoms with van der Waals surface area (Å²) in [5.74, 6) is 2.19.